The van der Waals surface area contributed by atoms with Gasteiger partial charge in [-0.25, -0.2) is 0 Å². The lowest BCUT2D eigenvalue weighted by atomic mass is 10.0. The van der Waals surface area contributed by atoms with Crippen LogP contribution in [0.2, 0.25) is 4.34 Å². The quantitative estimate of drug-likeness (QED) is 0.736. The predicted molar refractivity (Wildman–Crippen MR) is 64.2 cm³/mol. The molecule has 0 bridgehead atoms. The van der Waals surface area contributed by atoms with E-state index >= 15 is 0 Å². The Morgan fingerprint density at radius 2 is 1.78 bits per heavy atom. The number of hydrogen-bond acceptors (Lipinski definition) is 2. The van der Waals surface area contributed by atoms with Gasteiger partial charge in [0.15, 0.2) is 0 Å². The zero-order valence-electron chi connectivity index (χ0n) is 8.79. The van der Waals surface area contributed by atoms with E-state index in [1.807, 2.05) is 0 Å². The SMILES string of the molecule is O=C(c1ccc(Cl)s1)c1ccccc1C(F)(F)F. The third kappa shape index (κ3) is 2.57. The Bertz CT molecular complexity index is 589. The summed E-state index contributed by atoms with van der Waals surface area (Å²) in [5, 5.41) is 0. The fourth-order valence-electron chi connectivity index (χ4n) is 1.50. The van der Waals surface area contributed by atoms with Gasteiger partial charge in [0.2, 0.25) is 5.78 Å². The Hall–Kier alpha value is -1.33. The van der Waals surface area contributed by atoms with Crippen molar-refractivity contribution in [2.24, 2.45) is 0 Å². The van der Waals surface area contributed by atoms with Crippen LogP contribution in [0.1, 0.15) is 20.8 Å². The molecule has 0 N–H and O–H groups in total. The highest BCUT2D eigenvalue weighted by Gasteiger charge is 2.35. The minimum Gasteiger partial charge on any atom is -0.288 e. The molecule has 2 rings (SSSR count). The molecule has 1 nitrogen and oxygen atoms in total. The molecule has 0 fully saturated rings. The smallest absolute Gasteiger partial charge is 0.288 e. The lowest BCUT2D eigenvalue weighted by Crippen LogP contribution is -2.12. The van der Waals surface area contributed by atoms with E-state index < -0.39 is 17.5 Å². The molecule has 2 aromatic rings. The maximum Gasteiger partial charge on any atom is 0.417 e. The molecular formula is C12H6ClF3OS. The summed E-state index contributed by atoms with van der Waals surface area (Å²) in [6.07, 6.45) is -4.55. The summed E-state index contributed by atoms with van der Waals surface area (Å²) in [7, 11) is 0. The van der Waals surface area contributed by atoms with Gasteiger partial charge in [0, 0.05) is 5.56 Å². The fourth-order valence-corrected chi connectivity index (χ4v) is 2.49. The van der Waals surface area contributed by atoms with Crippen molar-refractivity contribution >= 4 is 28.7 Å². The maximum atomic E-state index is 12.8. The van der Waals surface area contributed by atoms with Gasteiger partial charge in [-0.05, 0) is 18.2 Å². The van der Waals surface area contributed by atoms with E-state index in [0.29, 0.717) is 4.34 Å². The Morgan fingerprint density at radius 1 is 1.11 bits per heavy atom. The van der Waals surface area contributed by atoms with Gasteiger partial charge in [-0.2, -0.15) is 13.2 Å². The van der Waals surface area contributed by atoms with Gasteiger partial charge in [-0.1, -0.05) is 29.8 Å². The zero-order chi connectivity index (χ0) is 13.3. The molecule has 0 aliphatic heterocycles. The number of alkyl halides is 3. The number of carbonyl (C=O) groups is 1. The van der Waals surface area contributed by atoms with Crippen LogP contribution in [-0.2, 0) is 6.18 Å². The number of carbonyl (C=O) groups excluding carboxylic acids is 1. The largest absolute Gasteiger partial charge is 0.417 e. The van der Waals surface area contributed by atoms with Crippen LogP contribution in [0.4, 0.5) is 13.2 Å². The van der Waals surface area contributed by atoms with Crippen molar-refractivity contribution in [3.05, 3.63) is 56.7 Å². The van der Waals surface area contributed by atoms with Gasteiger partial charge in [-0.3, -0.25) is 4.79 Å². The van der Waals surface area contributed by atoms with Crippen molar-refractivity contribution in [2.75, 3.05) is 0 Å². The lowest BCUT2D eigenvalue weighted by Gasteiger charge is -2.10. The zero-order valence-corrected chi connectivity index (χ0v) is 10.4. The highest BCUT2D eigenvalue weighted by molar-refractivity contribution is 7.18. The molecule has 0 aliphatic rings. The Labute approximate surface area is 110 Å². The summed E-state index contributed by atoms with van der Waals surface area (Å²) in [5.41, 5.74) is -1.29. The molecular weight excluding hydrogens is 285 g/mol. The van der Waals surface area contributed by atoms with Crippen molar-refractivity contribution in [3.63, 3.8) is 0 Å². The van der Waals surface area contributed by atoms with Crippen LogP contribution in [-0.4, -0.2) is 5.78 Å². The van der Waals surface area contributed by atoms with Crippen molar-refractivity contribution in [1.29, 1.82) is 0 Å². The van der Waals surface area contributed by atoms with Crippen LogP contribution < -0.4 is 0 Å². The first-order valence-corrected chi connectivity index (χ1v) is 6.05. The highest BCUT2D eigenvalue weighted by Crippen LogP contribution is 2.34. The maximum absolute atomic E-state index is 12.8. The molecule has 0 aliphatic carbocycles. The molecule has 94 valence electrons. The summed E-state index contributed by atoms with van der Waals surface area (Å²) in [4.78, 5) is 12.2. The number of hydrogen-bond donors (Lipinski definition) is 0. The van der Waals surface area contributed by atoms with Crippen LogP contribution in [0.25, 0.3) is 0 Å². The van der Waals surface area contributed by atoms with Crippen molar-refractivity contribution < 1.29 is 18.0 Å². The average Bonchev–Trinajstić information content (AvgIpc) is 2.74. The van der Waals surface area contributed by atoms with Crippen molar-refractivity contribution in [1.82, 2.24) is 0 Å². The Morgan fingerprint density at radius 3 is 2.33 bits per heavy atom. The molecule has 0 atom stereocenters. The lowest BCUT2D eigenvalue weighted by molar-refractivity contribution is -0.137. The monoisotopic (exact) mass is 290 g/mol. The van der Waals surface area contributed by atoms with E-state index in [-0.39, 0.29) is 10.4 Å². The molecule has 6 heteroatoms. The van der Waals surface area contributed by atoms with E-state index in [1.165, 1.54) is 30.3 Å². The second-order valence-corrected chi connectivity index (χ2v) is 5.19. The van der Waals surface area contributed by atoms with Crippen LogP contribution in [0, 0.1) is 0 Å². The van der Waals surface area contributed by atoms with E-state index in [9.17, 15) is 18.0 Å². The summed E-state index contributed by atoms with van der Waals surface area (Å²) < 4.78 is 38.6. The third-order valence-electron chi connectivity index (χ3n) is 2.27. The standard InChI is InChI=1S/C12H6ClF3OS/c13-10-6-5-9(18-10)11(17)7-3-1-2-4-8(7)12(14,15)16/h1-6H. The van der Waals surface area contributed by atoms with Crippen LogP contribution in [0.15, 0.2) is 36.4 Å². The van der Waals surface area contributed by atoms with Gasteiger partial charge in [0.25, 0.3) is 0 Å². The molecule has 1 heterocycles. The van der Waals surface area contributed by atoms with Gasteiger partial charge >= 0.3 is 6.18 Å². The van der Waals surface area contributed by atoms with Crippen LogP contribution >= 0.6 is 22.9 Å². The van der Waals surface area contributed by atoms with Crippen molar-refractivity contribution in [3.8, 4) is 0 Å². The molecule has 1 aromatic carbocycles. The first kappa shape index (κ1) is 13.1. The molecule has 0 amide bonds. The summed E-state index contributed by atoms with van der Waals surface area (Å²) in [6.45, 7) is 0. The van der Waals surface area contributed by atoms with Gasteiger partial charge in [-0.15, -0.1) is 11.3 Å². The molecule has 0 saturated carbocycles. The van der Waals surface area contributed by atoms with Gasteiger partial charge < -0.3 is 0 Å². The second kappa shape index (κ2) is 4.74. The summed E-state index contributed by atoms with van der Waals surface area (Å²) in [5.74, 6) is -0.667. The fraction of sp³-hybridized carbons (Fsp3) is 0.0833. The number of rotatable bonds is 2. The second-order valence-electron chi connectivity index (χ2n) is 3.48. The van der Waals surface area contributed by atoms with Gasteiger partial charge in [0.05, 0.1) is 14.8 Å². The third-order valence-corrected chi connectivity index (χ3v) is 3.50. The topological polar surface area (TPSA) is 17.1 Å². The van der Waals surface area contributed by atoms with Crippen LogP contribution in [0.5, 0.6) is 0 Å². The highest BCUT2D eigenvalue weighted by atomic mass is 35.5. The predicted octanol–water partition coefficient (Wildman–Crippen LogP) is 4.65. The minimum absolute atomic E-state index is 0.191. The number of halogens is 4. The number of thiophene rings is 1. The Kier molecular flexibility index (Phi) is 3.45. The van der Waals surface area contributed by atoms with Gasteiger partial charge in [0.1, 0.15) is 0 Å². The van der Waals surface area contributed by atoms with E-state index in [0.717, 1.165) is 17.4 Å². The molecule has 18 heavy (non-hydrogen) atoms. The first-order valence-electron chi connectivity index (χ1n) is 4.86. The summed E-state index contributed by atoms with van der Waals surface area (Å²) in [6, 6.07) is 7.61. The first-order chi connectivity index (χ1) is 8.39. The average molecular weight is 291 g/mol. The molecule has 0 unspecified atom stereocenters. The number of ketones is 1. The van der Waals surface area contributed by atoms with E-state index in [2.05, 4.69) is 0 Å². The van der Waals surface area contributed by atoms with E-state index in [4.69, 9.17) is 11.6 Å². The Balaban J connectivity index is 2.49. The van der Waals surface area contributed by atoms with E-state index in [1.54, 1.807) is 0 Å². The van der Waals surface area contributed by atoms with Crippen LogP contribution in [0.3, 0.4) is 0 Å². The molecule has 0 spiro atoms. The molecule has 1 aromatic heterocycles. The normalized spacial score (nSPS) is 11.6. The molecule has 0 saturated heterocycles. The minimum atomic E-state index is -4.55. The number of benzene rings is 1. The summed E-state index contributed by atoms with van der Waals surface area (Å²) >= 11 is 6.62. The van der Waals surface area contributed by atoms with Crippen molar-refractivity contribution in [2.45, 2.75) is 6.18 Å². The molecule has 0 radical (unpaired) electrons.